The van der Waals surface area contributed by atoms with Gasteiger partial charge in [0.25, 0.3) is 0 Å². The standard InChI is InChI=1S/C10H13N3O2/c1-6(2)13-3-7-8(4-13)11-5-12-9(7)10(14)15/h5-6H,3-4H2,1-2H3,(H,14,15). The van der Waals surface area contributed by atoms with Crippen molar-refractivity contribution >= 4 is 5.97 Å². The first-order valence-electron chi connectivity index (χ1n) is 4.89. The van der Waals surface area contributed by atoms with E-state index in [-0.39, 0.29) is 5.69 Å². The van der Waals surface area contributed by atoms with Crippen LogP contribution < -0.4 is 0 Å². The molecule has 2 rings (SSSR count). The summed E-state index contributed by atoms with van der Waals surface area (Å²) in [7, 11) is 0. The van der Waals surface area contributed by atoms with Gasteiger partial charge in [-0.15, -0.1) is 0 Å². The van der Waals surface area contributed by atoms with E-state index in [1.165, 1.54) is 6.33 Å². The molecule has 15 heavy (non-hydrogen) atoms. The molecule has 1 aromatic heterocycles. The third-order valence-electron chi connectivity index (χ3n) is 2.68. The zero-order valence-electron chi connectivity index (χ0n) is 8.77. The molecule has 0 atom stereocenters. The molecule has 0 radical (unpaired) electrons. The Morgan fingerprint density at radius 2 is 2.20 bits per heavy atom. The van der Waals surface area contributed by atoms with Crippen LogP contribution in [0.1, 0.15) is 35.6 Å². The minimum Gasteiger partial charge on any atom is -0.476 e. The summed E-state index contributed by atoms with van der Waals surface area (Å²) in [4.78, 5) is 21.0. The summed E-state index contributed by atoms with van der Waals surface area (Å²) < 4.78 is 0. The van der Waals surface area contributed by atoms with Crippen molar-refractivity contribution in [2.45, 2.75) is 33.0 Å². The lowest BCUT2D eigenvalue weighted by Gasteiger charge is -2.18. The van der Waals surface area contributed by atoms with E-state index in [1.54, 1.807) is 0 Å². The first-order chi connectivity index (χ1) is 7.09. The van der Waals surface area contributed by atoms with Crippen LogP contribution in [0.3, 0.4) is 0 Å². The molecule has 1 aromatic rings. The summed E-state index contributed by atoms with van der Waals surface area (Å²) in [5.74, 6) is -0.973. The number of hydrogen-bond donors (Lipinski definition) is 1. The van der Waals surface area contributed by atoms with Crippen LogP contribution in [0.15, 0.2) is 6.33 Å². The molecule has 0 unspecified atom stereocenters. The highest BCUT2D eigenvalue weighted by molar-refractivity contribution is 5.87. The van der Waals surface area contributed by atoms with Gasteiger partial charge in [0.2, 0.25) is 0 Å². The molecule has 0 amide bonds. The third kappa shape index (κ3) is 1.70. The minimum atomic E-state index is -0.973. The molecule has 0 fully saturated rings. The molecular formula is C10H13N3O2. The number of nitrogens with zero attached hydrogens (tertiary/aromatic N) is 3. The number of fused-ring (bicyclic) bond motifs is 1. The number of rotatable bonds is 2. The van der Waals surface area contributed by atoms with Gasteiger partial charge in [-0.3, -0.25) is 4.90 Å². The Morgan fingerprint density at radius 1 is 1.47 bits per heavy atom. The maximum Gasteiger partial charge on any atom is 0.354 e. The fraction of sp³-hybridized carbons (Fsp3) is 0.500. The van der Waals surface area contributed by atoms with Crippen LogP contribution in [0.25, 0.3) is 0 Å². The molecule has 0 bridgehead atoms. The smallest absolute Gasteiger partial charge is 0.354 e. The Kier molecular flexibility index (Phi) is 2.40. The average molecular weight is 207 g/mol. The van der Waals surface area contributed by atoms with Crippen molar-refractivity contribution < 1.29 is 9.90 Å². The molecule has 0 saturated heterocycles. The highest BCUT2D eigenvalue weighted by Gasteiger charge is 2.27. The minimum absolute atomic E-state index is 0.142. The van der Waals surface area contributed by atoms with Crippen LogP contribution >= 0.6 is 0 Å². The summed E-state index contributed by atoms with van der Waals surface area (Å²) in [6.07, 6.45) is 1.33. The van der Waals surface area contributed by atoms with E-state index in [0.717, 1.165) is 17.8 Å². The quantitative estimate of drug-likeness (QED) is 0.780. The van der Waals surface area contributed by atoms with Gasteiger partial charge in [0.15, 0.2) is 5.69 Å². The Hall–Kier alpha value is -1.49. The molecule has 5 nitrogen and oxygen atoms in total. The van der Waals surface area contributed by atoms with Crippen LogP contribution in [0, 0.1) is 0 Å². The fourth-order valence-electron chi connectivity index (χ4n) is 1.75. The zero-order valence-corrected chi connectivity index (χ0v) is 8.77. The average Bonchev–Trinajstić information content (AvgIpc) is 2.60. The highest BCUT2D eigenvalue weighted by Crippen LogP contribution is 2.24. The predicted octanol–water partition coefficient (Wildman–Crippen LogP) is 0.899. The molecule has 1 aliphatic heterocycles. The van der Waals surface area contributed by atoms with Gasteiger partial charge in [-0.1, -0.05) is 0 Å². The number of aromatic nitrogens is 2. The van der Waals surface area contributed by atoms with E-state index in [1.807, 2.05) is 0 Å². The first-order valence-corrected chi connectivity index (χ1v) is 4.89. The van der Waals surface area contributed by atoms with Crippen LogP contribution in [0.2, 0.25) is 0 Å². The lowest BCUT2D eigenvalue weighted by atomic mass is 10.2. The number of carboxylic acids is 1. The topological polar surface area (TPSA) is 66.3 Å². The van der Waals surface area contributed by atoms with Gasteiger partial charge < -0.3 is 5.11 Å². The molecule has 0 saturated carbocycles. The van der Waals surface area contributed by atoms with Crippen molar-refractivity contribution in [2.24, 2.45) is 0 Å². The molecule has 80 valence electrons. The molecule has 5 heteroatoms. The largest absolute Gasteiger partial charge is 0.476 e. The van der Waals surface area contributed by atoms with Crippen LogP contribution in [0.4, 0.5) is 0 Å². The predicted molar refractivity (Wildman–Crippen MR) is 53.4 cm³/mol. The van der Waals surface area contributed by atoms with Gasteiger partial charge in [0.1, 0.15) is 6.33 Å². The maximum atomic E-state index is 10.9. The van der Waals surface area contributed by atoms with Crippen LogP contribution in [0.5, 0.6) is 0 Å². The monoisotopic (exact) mass is 207 g/mol. The fourth-order valence-corrected chi connectivity index (χ4v) is 1.75. The Balaban J connectivity index is 2.37. The van der Waals surface area contributed by atoms with E-state index in [4.69, 9.17) is 5.11 Å². The van der Waals surface area contributed by atoms with Crippen molar-refractivity contribution in [2.75, 3.05) is 0 Å². The molecule has 0 spiro atoms. The Morgan fingerprint density at radius 3 is 2.80 bits per heavy atom. The second-order valence-electron chi connectivity index (χ2n) is 3.95. The number of hydrogen-bond acceptors (Lipinski definition) is 4. The van der Waals surface area contributed by atoms with Gasteiger partial charge in [-0.2, -0.15) is 0 Å². The lowest BCUT2D eigenvalue weighted by Crippen LogP contribution is -2.24. The number of carbonyl (C=O) groups is 1. The molecule has 1 aliphatic rings. The van der Waals surface area contributed by atoms with Gasteiger partial charge in [0, 0.05) is 24.7 Å². The zero-order chi connectivity index (χ0) is 11.0. The normalized spacial score (nSPS) is 15.7. The number of carboxylic acid groups (broad SMARTS) is 1. The second-order valence-corrected chi connectivity index (χ2v) is 3.95. The van der Waals surface area contributed by atoms with Gasteiger partial charge in [-0.25, -0.2) is 14.8 Å². The van der Waals surface area contributed by atoms with E-state index in [9.17, 15) is 4.79 Å². The van der Waals surface area contributed by atoms with Crippen molar-refractivity contribution in [1.82, 2.24) is 14.9 Å². The summed E-state index contributed by atoms with van der Waals surface area (Å²) in [5, 5.41) is 8.97. The van der Waals surface area contributed by atoms with E-state index in [0.29, 0.717) is 12.6 Å². The first kappa shape index (κ1) is 10.0. The molecule has 0 aromatic carbocycles. The molecule has 2 heterocycles. The summed E-state index contributed by atoms with van der Waals surface area (Å²) in [6, 6.07) is 0.390. The van der Waals surface area contributed by atoms with E-state index < -0.39 is 5.97 Å². The summed E-state index contributed by atoms with van der Waals surface area (Å²) in [5.41, 5.74) is 1.75. The van der Waals surface area contributed by atoms with Crippen LogP contribution in [-0.4, -0.2) is 32.0 Å². The SMILES string of the molecule is CC(C)N1Cc2ncnc(C(=O)O)c2C1. The molecule has 0 aliphatic carbocycles. The maximum absolute atomic E-state index is 10.9. The Labute approximate surface area is 87.8 Å². The molecule has 1 N–H and O–H groups in total. The second kappa shape index (κ2) is 3.58. The van der Waals surface area contributed by atoms with Gasteiger partial charge in [-0.05, 0) is 13.8 Å². The third-order valence-corrected chi connectivity index (χ3v) is 2.68. The van der Waals surface area contributed by atoms with E-state index in [2.05, 4.69) is 28.7 Å². The Bertz CT molecular complexity index is 404. The lowest BCUT2D eigenvalue weighted by molar-refractivity contribution is 0.0688. The van der Waals surface area contributed by atoms with Crippen molar-refractivity contribution in [3.63, 3.8) is 0 Å². The van der Waals surface area contributed by atoms with Gasteiger partial charge >= 0.3 is 5.97 Å². The molecular weight excluding hydrogens is 194 g/mol. The van der Waals surface area contributed by atoms with Crippen molar-refractivity contribution in [3.8, 4) is 0 Å². The van der Waals surface area contributed by atoms with Crippen molar-refractivity contribution in [3.05, 3.63) is 23.3 Å². The van der Waals surface area contributed by atoms with Gasteiger partial charge in [0.05, 0.1) is 5.69 Å². The number of aromatic carboxylic acids is 1. The summed E-state index contributed by atoms with van der Waals surface area (Å²) in [6.45, 7) is 5.52. The van der Waals surface area contributed by atoms with E-state index >= 15 is 0 Å². The van der Waals surface area contributed by atoms with Crippen molar-refractivity contribution in [1.29, 1.82) is 0 Å². The highest BCUT2D eigenvalue weighted by atomic mass is 16.4. The van der Waals surface area contributed by atoms with Crippen LogP contribution in [-0.2, 0) is 13.1 Å². The summed E-state index contributed by atoms with van der Waals surface area (Å²) >= 11 is 0.